The van der Waals surface area contributed by atoms with Crippen molar-refractivity contribution in [3.63, 3.8) is 0 Å². The summed E-state index contributed by atoms with van der Waals surface area (Å²) in [7, 11) is 0. The van der Waals surface area contributed by atoms with Gasteiger partial charge >= 0.3 is 0 Å². The van der Waals surface area contributed by atoms with Crippen LogP contribution in [0.3, 0.4) is 0 Å². The van der Waals surface area contributed by atoms with E-state index in [0.29, 0.717) is 11.8 Å². The molecule has 0 saturated heterocycles. The first-order valence-electron chi connectivity index (χ1n) is 9.20. The molecule has 2 heterocycles. The quantitative estimate of drug-likeness (QED) is 0.565. The van der Waals surface area contributed by atoms with E-state index < -0.39 is 0 Å². The summed E-state index contributed by atoms with van der Waals surface area (Å²) in [6.07, 6.45) is 4.09. The smallest absolute Gasteiger partial charge is 0.234 e. The number of amides is 1. The van der Waals surface area contributed by atoms with Gasteiger partial charge in [0.25, 0.3) is 0 Å². The Bertz CT molecular complexity index is 916. The second-order valence-electron chi connectivity index (χ2n) is 6.65. The number of anilines is 1. The van der Waals surface area contributed by atoms with E-state index in [-0.39, 0.29) is 5.91 Å². The van der Waals surface area contributed by atoms with E-state index in [1.807, 2.05) is 18.2 Å². The summed E-state index contributed by atoms with van der Waals surface area (Å²) < 4.78 is 2.23. The lowest BCUT2D eigenvalue weighted by molar-refractivity contribution is -0.113. The number of rotatable bonds is 8. The van der Waals surface area contributed by atoms with Gasteiger partial charge in [-0.2, -0.15) is 0 Å². The Morgan fingerprint density at radius 3 is 2.93 bits per heavy atom. The van der Waals surface area contributed by atoms with E-state index in [9.17, 15) is 4.79 Å². The van der Waals surface area contributed by atoms with Crippen LogP contribution in [0.1, 0.15) is 42.1 Å². The van der Waals surface area contributed by atoms with E-state index in [2.05, 4.69) is 50.6 Å². The summed E-state index contributed by atoms with van der Waals surface area (Å²) in [4.78, 5) is 13.6. The molecule has 7 heteroatoms. The van der Waals surface area contributed by atoms with Crippen molar-refractivity contribution in [3.8, 4) is 0 Å². The van der Waals surface area contributed by atoms with Crippen molar-refractivity contribution in [2.45, 2.75) is 43.8 Å². The van der Waals surface area contributed by atoms with Gasteiger partial charge < -0.3 is 9.88 Å². The molecule has 0 spiro atoms. The SMILES string of the molecule is CCc1cccc(NC(=O)CSc2nnc(Cc3cccs3)n2C2CC2)c1. The van der Waals surface area contributed by atoms with Gasteiger partial charge in [-0.15, -0.1) is 21.5 Å². The minimum atomic E-state index is -0.0154. The number of nitrogens with zero attached hydrogens (tertiary/aromatic N) is 3. The van der Waals surface area contributed by atoms with Crippen LogP contribution in [-0.4, -0.2) is 26.4 Å². The Kier molecular flexibility index (Phi) is 5.59. The van der Waals surface area contributed by atoms with E-state index >= 15 is 0 Å². The predicted molar refractivity (Wildman–Crippen MR) is 111 cm³/mol. The van der Waals surface area contributed by atoms with Gasteiger partial charge in [0.1, 0.15) is 5.82 Å². The van der Waals surface area contributed by atoms with Gasteiger partial charge in [-0.1, -0.05) is 36.9 Å². The zero-order valence-electron chi connectivity index (χ0n) is 15.2. The first kappa shape index (κ1) is 18.3. The lowest BCUT2D eigenvalue weighted by atomic mass is 10.1. The Hall–Kier alpha value is -2.12. The number of hydrogen-bond donors (Lipinski definition) is 1. The highest BCUT2D eigenvalue weighted by molar-refractivity contribution is 7.99. The molecule has 140 valence electrons. The molecular weight excluding hydrogens is 376 g/mol. The molecule has 1 N–H and O–H groups in total. The van der Waals surface area contributed by atoms with E-state index in [4.69, 9.17) is 0 Å². The van der Waals surface area contributed by atoms with Crippen molar-refractivity contribution in [3.05, 3.63) is 58.0 Å². The fourth-order valence-corrected chi connectivity index (χ4v) is 4.52. The number of benzene rings is 1. The number of carbonyl (C=O) groups is 1. The van der Waals surface area contributed by atoms with Crippen LogP contribution in [0.5, 0.6) is 0 Å². The zero-order valence-corrected chi connectivity index (χ0v) is 16.9. The highest BCUT2D eigenvalue weighted by Crippen LogP contribution is 2.39. The van der Waals surface area contributed by atoms with Crippen LogP contribution in [0.4, 0.5) is 5.69 Å². The summed E-state index contributed by atoms with van der Waals surface area (Å²) in [5.41, 5.74) is 2.06. The second kappa shape index (κ2) is 8.27. The molecule has 1 saturated carbocycles. The lowest BCUT2D eigenvalue weighted by Crippen LogP contribution is -2.15. The number of hydrogen-bond acceptors (Lipinski definition) is 5. The average Bonchev–Trinajstić information content (AvgIpc) is 3.23. The number of nitrogens with one attached hydrogen (secondary N) is 1. The molecule has 5 nitrogen and oxygen atoms in total. The fraction of sp³-hybridized carbons (Fsp3) is 0.350. The third kappa shape index (κ3) is 4.59. The summed E-state index contributed by atoms with van der Waals surface area (Å²) in [6.45, 7) is 2.11. The molecule has 1 amide bonds. The van der Waals surface area contributed by atoms with Gasteiger partial charge in [-0.3, -0.25) is 4.79 Å². The molecule has 0 unspecified atom stereocenters. The molecule has 1 aliphatic rings. The van der Waals surface area contributed by atoms with Gasteiger partial charge in [-0.25, -0.2) is 0 Å². The van der Waals surface area contributed by atoms with Crippen molar-refractivity contribution in [1.82, 2.24) is 14.8 Å². The number of thiophene rings is 1. The van der Waals surface area contributed by atoms with Crippen LogP contribution >= 0.6 is 23.1 Å². The number of aryl methyl sites for hydroxylation is 1. The standard InChI is InChI=1S/C20H22N4OS2/c1-2-14-5-3-6-15(11-14)21-19(25)13-27-20-23-22-18(24(20)16-8-9-16)12-17-7-4-10-26-17/h3-7,10-11,16H,2,8-9,12-13H2,1H3,(H,21,25). The fourth-order valence-electron chi connectivity index (χ4n) is 2.99. The lowest BCUT2D eigenvalue weighted by Gasteiger charge is -2.09. The highest BCUT2D eigenvalue weighted by atomic mass is 32.2. The Labute approximate surface area is 167 Å². The van der Waals surface area contributed by atoms with Crippen molar-refractivity contribution < 1.29 is 4.79 Å². The maximum Gasteiger partial charge on any atom is 0.234 e. The number of thioether (sulfide) groups is 1. The maximum atomic E-state index is 12.4. The summed E-state index contributed by atoms with van der Waals surface area (Å²) >= 11 is 3.21. The summed E-state index contributed by atoms with van der Waals surface area (Å²) in [6, 6.07) is 12.7. The largest absolute Gasteiger partial charge is 0.325 e. The molecule has 2 aromatic heterocycles. The molecule has 0 bridgehead atoms. The maximum absolute atomic E-state index is 12.4. The number of aromatic nitrogens is 3. The molecule has 1 aliphatic carbocycles. The molecule has 4 rings (SSSR count). The molecule has 0 atom stereocenters. The predicted octanol–water partition coefficient (Wildman–Crippen LogP) is 4.56. The number of carbonyl (C=O) groups excluding carboxylic acids is 1. The third-order valence-electron chi connectivity index (χ3n) is 4.51. The molecule has 1 aromatic carbocycles. The monoisotopic (exact) mass is 398 g/mol. The zero-order chi connectivity index (χ0) is 18.6. The molecule has 3 aromatic rings. The molecule has 1 fully saturated rings. The molecule has 0 aliphatic heterocycles. The molecule has 0 radical (unpaired) electrons. The van der Waals surface area contributed by atoms with E-state index in [1.165, 1.54) is 35.0 Å². The third-order valence-corrected chi connectivity index (χ3v) is 6.33. The van der Waals surface area contributed by atoms with E-state index in [1.54, 1.807) is 11.3 Å². The van der Waals surface area contributed by atoms with Crippen LogP contribution in [0, 0.1) is 0 Å². The minimum Gasteiger partial charge on any atom is -0.325 e. The minimum absolute atomic E-state index is 0.0154. The Balaban J connectivity index is 1.40. The second-order valence-corrected chi connectivity index (χ2v) is 8.62. The highest BCUT2D eigenvalue weighted by Gasteiger charge is 2.29. The van der Waals surface area contributed by atoms with Crippen molar-refractivity contribution in [1.29, 1.82) is 0 Å². The van der Waals surface area contributed by atoms with Crippen LogP contribution in [0.15, 0.2) is 46.9 Å². The van der Waals surface area contributed by atoms with Gasteiger partial charge in [0.05, 0.1) is 5.75 Å². The van der Waals surface area contributed by atoms with Crippen LogP contribution in [-0.2, 0) is 17.6 Å². The Morgan fingerprint density at radius 2 is 2.19 bits per heavy atom. The van der Waals surface area contributed by atoms with Crippen molar-refractivity contribution >= 4 is 34.7 Å². The van der Waals surface area contributed by atoms with Gasteiger partial charge in [0, 0.05) is 23.0 Å². The average molecular weight is 399 g/mol. The van der Waals surface area contributed by atoms with Gasteiger partial charge in [0.15, 0.2) is 5.16 Å². The molecule has 27 heavy (non-hydrogen) atoms. The van der Waals surface area contributed by atoms with Crippen LogP contribution in [0.25, 0.3) is 0 Å². The van der Waals surface area contributed by atoms with Gasteiger partial charge in [-0.05, 0) is 48.4 Å². The summed E-state index contributed by atoms with van der Waals surface area (Å²) in [5, 5.41) is 14.7. The van der Waals surface area contributed by atoms with Crippen LogP contribution < -0.4 is 5.32 Å². The normalized spacial score (nSPS) is 13.7. The first-order valence-corrected chi connectivity index (χ1v) is 11.1. The first-order chi connectivity index (χ1) is 13.2. The van der Waals surface area contributed by atoms with E-state index in [0.717, 1.165) is 29.5 Å². The van der Waals surface area contributed by atoms with Gasteiger partial charge in [0.2, 0.25) is 5.91 Å². The van der Waals surface area contributed by atoms with Crippen molar-refractivity contribution in [2.24, 2.45) is 0 Å². The summed E-state index contributed by atoms with van der Waals surface area (Å²) in [5.74, 6) is 1.32. The Morgan fingerprint density at radius 1 is 1.30 bits per heavy atom. The molecular formula is C20H22N4OS2. The topological polar surface area (TPSA) is 59.8 Å². The van der Waals surface area contributed by atoms with Crippen molar-refractivity contribution in [2.75, 3.05) is 11.1 Å². The van der Waals surface area contributed by atoms with Crippen LogP contribution in [0.2, 0.25) is 0 Å².